The molecule has 6 rings (SSSR count). The molecular weight excluding hydrogens is 256 g/mol. The zero-order valence-electron chi connectivity index (χ0n) is 12.3. The molecule has 0 atom stereocenters. The van der Waals surface area contributed by atoms with E-state index >= 15 is 0 Å². The van der Waals surface area contributed by atoms with Crippen LogP contribution >= 0.6 is 0 Å². The highest BCUT2D eigenvalue weighted by atomic mass is 16.6. The SMILES string of the molecule is COC(=O)C12C3C4C1C1C2C3C41CC(=O)OC(C)(C)C. The van der Waals surface area contributed by atoms with Crippen LogP contribution in [0.4, 0.5) is 0 Å². The summed E-state index contributed by atoms with van der Waals surface area (Å²) in [5.74, 6) is 3.44. The molecule has 0 amide bonds. The molecule has 0 spiro atoms. The molecule has 108 valence electrons. The smallest absolute Gasteiger partial charge is 0.312 e. The maximum absolute atomic E-state index is 12.1. The minimum Gasteiger partial charge on any atom is -0.469 e. The van der Waals surface area contributed by atoms with Crippen molar-refractivity contribution in [2.45, 2.75) is 32.8 Å². The monoisotopic (exact) mass is 276 g/mol. The number of ether oxygens (including phenoxy) is 2. The Morgan fingerprint density at radius 3 is 1.90 bits per heavy atom. The van der Waals surface area contributed by atoms with Gasteiger partial charge in [0.2, 0.25) is 0 Å². The molecule has 0 heterocycles. The van der Waals surface area contributed by atoms with Crippen molar-refractivity contribution in [1.82, 2.24) is 0 Å². The lowest BCUT2D eigenvalue weighted by atomic mass is 8.92. The van der Waals surface area contributed by atoms with Gasteiger partial charge in [0.15, 0.2) is 0 Å². The zero-order valence-corrected chi connectivity index (χ0v) is 12.3. The summed E-state index contributed by atoms with van der Waals surface area (Å²) in [5, 5.41) is 0. The molecule has 0 N–H and O–H groups in total. The highest BCUT2D eigenvalue weighted by Crippen LogP contribution is 3.10. The lowest BCUT2D eigenvalue weighted by Gasteiger charge is -3.10. The first-order chi connectivity index (χ1) is 9.31. The normalized spacial score (nSPS) is 58.0. The minimum absolute atomic E-state index is 0.0202. The standard InChI is InChI=1S/C16H20O4/c1-14(2,3)20-6(17)5-15-7-10-8(15)12-9(15)11(7)16(10,12)13(18)19-4/h7-12H,5H2,1-4H3. The van der Waals surface area contributed by atoms with Gasteiger partial charge in [-0.05, 0) is 61.7 Å². The van der Waals surface area contributed by atoms with Crippen molar-refractivity contribution < 1.29 is 19.1 Å². The van der Waals surface area contributed by atoms with Crippen LogP contribution in [0.1, 0.15) is 27.2 Å². The summed E-state index contributed by atoms with van der Waals surface area (Å²) in [6.45, 7) is 5.74. The molecule has 0 bridgehead atoms. The van der Waals surface area contributed by atoms with Crippen LogP contribution in [-0.4, -0.2) is 24.6 Å². The lowest BCUT2D eigenvalue weighted by Crippen LogP contribution is -3.10. The molecule has 6 saturated carbocycles. The number of esters is 2. The second-order valence-corrected chi connectivity index (χ2v) is 8.45. The van der Waals surface area contributed by atoms with Gasteiger partial charge in [0.05, 0.1) is 18.9 Å². The van der Waals surface area contributed by atoms with E-state index < -0.39 is 5.60 Å². The van der Waals surface area contributed by atoms with Gasteiger partial charge in [-0.3, -0.25) is 9.59 Å². The van der Waals surface area contributed by atoms with Crippen molar-refractivity contribution in [3.63, 3.8) is 0 Å². The van der Waals surface area contributed by atoms with Gasteiger partial charge < -0.3 is 9.47 Å². The lowest BCUT2D eigenvalue weighted by molar-refractivity contribution is -0.642. The van der Waals surface area contributed by atoms with Crippen molar-refractivity contribution in [2.24, 2.45) is 46.3 Å². The van der Waals surface area contributed by atoms with Crippen molar-refractivity contribution in [3.8, 4) is 0 Å². The Balaban J connectivity index is 1.32. The highest BCUT2D eigenvalue weighted by molar-refractivity contribution is 5.89. The zero-order chi connectivity index (χ0) is 14.2. The molecule has 20 heavy (non-hydrogen) atoms. The van der Waals surface area contributed by atoms with E-state index in [4.69, 9.17) is 9.47 Å². The van der Waals surface area contributed by atoms with E-state index in [9.17, 15) is 9.59 Å². The average Bonchev–Trinajstić information content (AvgIpc) is 2.36. The van der Waals surface area contributed by atoms with E-state index in [1.165, 1.54) is 7.11 Å². The first-order valence-corrected chi connectivity index (χ1v) is 7.62. The Morgan fingerprint density at radius 2 is 1.50 bits per heavy atom. The van der Waals surface area contributed by atoms with E-state index in [0.29, 0.717) is 41.9 Å². The quantitative estimate of drug-likeness (QED) is 0.735. The first kappa shape index (κ1) is 11.6. The van der Waals surface area contributed by atoms with Gasteiger partial charge in [0.1, 0.15) is 5.60 Å². The van der Waals surface area contributed by atoms with E-state index in [0.717, 1.165) is 0 Å². The highest BCUT2D eigenvalue weighted by Gasteiger charge is 3.11. The summed E-state index contributed by atoms with van der Waals surface area (Å²) >= 11 is 0. The summed E-state index contributed by atoms with van der Waals surface area (Å²) in [5.41, 5.74) is -0.258. The van der Waals surface area contributed by atoms with Crippen molar-refractivity contribution in [2.75, 3.05) is 7.11 Å². The molecule has 0 aliphatic heterocycles. The fourth-order valence-electron chi connectivity index (χ4n) is 7.32. The molecule has 4 heteroatoms. The van der Waals surface area contributed by atoms with Crippen LogP contribution in [-0.2, 0) is 19.1 Å². The van der Waals surface area contributed by atoms with Crippen LogP contribution in [0.25, 0.3) is 0 Å². The third-order valence-corrected chi connectivity index (χ3v) is 7.25. The molecule has 0 aromatic rings. The second-order valence-electron chi connectivity index (χ2n) is 8.45. The number of hydrogen-bond acceptors (Lipinski definition) is 4. The average molecular weight is 276 g/mol. The Morgan fingerprint density at radius 1 is 1.00 bits per heavy atom. The Bertz CT molecular complexity index is 516. The van der Waals surface area contributed by atoms with E-state index in [-0.39, 0.29) is 22.8 Å². The molecule has 4 nitrogen and oxygen atoms in total. The summed E-state index contributed by atoms with van der Waals surface area (Å²) in [6, 6.07) is 0. The fraction of sp³-hybridized carbons (Fsp3) is 0.875. The summed E-state index contributed by atoms with van der Waals surface area (Å²) in [6.07, 6.45) is 0.574. The van der Waals surface area contributed by atoms with Crippen LogP contribution in [0.3, 0.4) is 0 Å². The van der Waals surface area contributed by atoms with Gasteiger partial charge in [-0.1, -0.05) is 0 Å². The molecule has 6 aliphatic carbocycles. The number of rotatable bonds is 3. The first-order valence-electron chi connectivity index (χ1n) is 7.62. The second kappa shape index (κ2) is 2.67. The maximum Gasteiger partial charge on any atom is 0.312 e. The maximum atomic E-state index is 12.1. The summed E-state index contributed by atoms with van der Waals surface area (Å²) < 4.78 is 10.5. The van der Waals surface area contributed by atoms with Gasteiger partial charge in [-0.15, -0.1) is 0 Å². The van der Waals surface area contributed by atoms with Crippen LogP contribution < -0.4 is 0 Å². The molecular formula is C16H20O4. The van der Waals surface area contributed by atoms with Crippen LogP contribution in [0, 0.1) is 46.3 Å². The fourth-order valence-corrected chi connectivity index (χ4v) is 7.32. The Kier molecular flexibility index (Phi) is 1.54. The van der Waals surface area contributed by atoms with Crippen LogP contribution in [0.5, 0.6) is 0 Å². The topological polar surface area (TPSA) is 52.6 Å². The van der Waals surface area contributed by atoms with E-state index in [1.54, 1.807) is 0 Å². The molecule has 0 saturated heterocycles. The molecule has 0 aromatic heterocycles. The molecule has 6 aliphatic rings. The number of methoxy groups -OCH3 is 1. The summed E-state index contributed by atoms with van der Waals surface area (Å²) in [7, 11) is 1.50. The van der Waals surface area contributed by atoms with Gasteiger partial charge in [0, 0.05) is 0 Å². The third-order valence-electron chi connectivity index (χ3n) is 7.25. The van der Waals surface area contributed by atoms with Crippen molar-refractivity contribution in [1.29, 1.82) is 0 Å². The molecule has 0 unspecified atom stereocenters. The largest absolute Gasteiger partial charge is 0.469 e. The third kappa shape index (κ3) is 0.727. The van der Waals surface area contributed by atoms with Gasteiger partial charge in [-0.2, -0.15) is 0 Å². The number of hydrogen-bond donors (Lipinski definition) is 0. The van der Waals surface area contributed by atoms with Crippen molar-refractivity contribution >= 4 is 11.9 Å². The predicted octanol–water partition coefficient (Wildman–Crippen LogP) is 1.63. The summed E-state index contributed by atoms with van der Waals surface area (Å²) in [4.78, 5) is 24.1. The Labute approximate surface area is 118 Å². The van der Waals surface area contributed by atoms with Gasteiger partial charge >= 0.3 is 11.9 Å². The predicted molar refractivity (Wildman–Crippen MR) is 68.3 cm³/mol. The van der Waals surface area contributed by atoms with E-state index in [2.05, 4.69) is 0 Å². The van der Waals surface area contributed by atoms with Gasteiger partial charge in [-0.25, -0.2) is 0 Å². The van der Waals surface area contributed by atoms with Crippen molar-refractivity contribution in [3.05, 3.63) is 0 Å². The Hall–Kier alpha value is -1.06. The number of carbonyl (C=O) groups excluding carboxylic acids is 2. The van der Waals surface area contributed by atoms with Crippen LogP contribution in [0.15, 0.2) is 0 Å². The molecule has 0 radical (unpaired) electrons. The molecule has 0 aromatic carbocycles. The number of carbonyl (C=O) groups is 2. The van der Waals surface area contributed by atoms with Gasteiger partial charge in [0.25, 0.3) is 0 Å². The molecule has 6 fully saturated rings. The van der Waals surface area contributed by atoms with Crippen LogP contribution in [0.2, 0.25) is 0 Å². The van der Waals surface area contributed by atoms with E-state index in [1.807, 2.05) is 20.8 Å². The minimum atomic E-state index is -0.400.